The molecule has 1 fully saturated rings. The summed E-state index contributed by atoms with van der Waals surface area (Å²) in [4.78, 5) is 13.2. The molecule has 1 saturated heterocycles. The minimum atomic E-state index is -3.78. The van der Waals surface area contributed by atoms with Crippen LogP contribution in [0.1, 0.15) is 13.8 Å². The zero-order chi connectivity index (χ0) is 16.3. The Bertz CT molecular complexity index is 637. The predicted molar refractivity (Wildman–Crippen MR) is 82.0 cm³/mol. The van der Waals surface area contributed by atoms with Gasteiger partial charge in [-0.25, -0.2) is 13.6 Å². The van der Waals surface area contributed by atoms with Crippen LogP contribution in [-0.2, 0) is 19.6 Å². The summed E-state index contributed by atoms with van der Waals surface area (Å²) in [6.07, 6.45) is 0.245. The standard InChI is InChI=1S/C14H21N3O4S/c1-10-7-17(8-11(2)21-10)9-14(18)16-12-4-3-5-13(6-12)22(15,19)20/h3-6,10-11H,7-9H2,1-2H3,(H,16,18)(H2,15,19,20)/p+1/t10-,11+. The maximum atomic E-state index is 12.1. The molecule has 3 atom stereocenters. The molecule has 22 heavy (non-hydrogen) atoms. The normalized spacial score (nSPS) is 25.7. The topological polar surface area (TPSA) is 103 Å². The maximum absolute atomic E-state index is 12.1. The van der Waals surface area contributed by atoms with Crippen LogP contribution in [0, 0.1) is 0 Å². The Morgan fingerprint density at radius 2 is 2.00 bits per heavy atom. The molecular weight excluding hydrogens is 306 g/mol. The van der Waals surface area contributed by atoms with E-state index in [1.54, 1.807) is 12.1 Å². The van der Waals surface area contributed by atoms with E-state index in [0.29, 0.717) is 12.2 Å². The first-order valence-corrected chi connectivity index (χ1v) is 8.70. The number of hydrogen-bond acceptors (Lipinski definition) is 4. The lowest BCUT2D eigenvalue weighted by Crippen LogP contribution is -3.16. The third-order valence-electron chi connectivity index (χ3n) is 3.47. The minimum absolute atomic E-state index is 0.0220. The fourth-order valence-corrected chi connectivity index (χ4v) is 3.28. The molecule has 1 amide bonds. The molecule has 0 aliphatic carbocycles. The third-order valence-corrected chi connectivity index (χ3v) is 4.38. The Balaban J connectivity index is 1.97. The molecule has 4 N–H and O–H groups in total. The number of rotatable bonds is 4. The molecule has 0 bridgehead atoms. The first-order chi connectivity index (χ1) is 10.2. The predicted octanol–water partition coefficient (Wildman–Crippen LogP) is -1.04. The highest BCUT2D eigenvalue weighted by Crippen LogP contribution is 2.13. The molecule has 1 aliphatic rings. The SMILES string of the molecule is C[C@@H]1C[NH+](CC(=O)Nc2cccc(S(N)(=O)=O)c2)C[C@H](C)O1. The van der Waals surface area contributed by atoms with Crippen molar-refractivity contribution >= 4 is 21.6 Å². The van der Waals surface area contributed by atoms with E-state index in [4.69, 9.17) is 9.88 Å². The largest absolute Gasteiger partial charge is 0.364 e. The summed E-state index contributed by atoms with van der Waals surface area (Å²) in [6.45, 7) is 5.84. The lowest BCUT2D eigenvalue weighted by Gasteiger charge is -2.31. The number of nitrogens with one attached hydrogen (secondary N) is 2. The molecule has 7 nitrogen and oxygen atoms in total. The van der Waals surface area contributed by atoms with Crippen LogP contribution >= 0.6 is 0 Å². The molecule has 1 unspecified atom stereocenters. The van der Waals surface area contributed by atoms with Crippen LogP contribution in [0.25, 0.3) is 0 Å². The quantitative estimate of drug-likeness (QED) is 0.657. The molecular formula is C14H22N3O4S+. The smallest absolute Gasteiger partial charge is 0.279 e. The van der Waals surface area contributed by atoms with Crippen molar-refractivity contribution in [3.05, 3.63) is 24.3 Å². The second kappa shape index (κ2) is 6.74. The van der Waals surface area contributed by atoms with Crippen molar-refractivity contribution in [3.8, 4) is 0 Å². The maximum Gasteiger partial charge on any atom is 0.279 e. The van der Waals surface area contributed by atoms with Crippen molar-refractivity contribution in [2.24, 2.45) is 5.14 Å². The zero-order valence-corrected chi connectivity index (χ0v) is 13.5. The van der Waals surface area contributed by atoms with Crippen molar-refractivity contribution in [2.75, 3.05) is 25.0 Å². The van der Waals surface area contributed by atoms with Gasteiger partial charge in [-0.3, -0.25) is 4.79 Å². The summed E-state index contributed by atoms with van der Waals surface area (Å²) in [7, 11) is -3.78. The van der Waals surface area contributed by atoms with E-state index in [2.05, 4.69) is 5.32 Å². The molecule has 0 radical (unpaired) electrons. The molecule has 1 aromatic carbocycles. The zero-order valence-electron chi connectivity index (χ0n) is 12.7. The average Bonchev–Trinajstić information content (AvgIpc) is 2.36. The Morgan fingerprint density at radius 3 is 2.59 bits per heavy atom. The number of sulfonamides is 1. The summed E-state index contributed by atoms with van der Waals surface area (Å²) in [6, 6.07) is 5.92. The first kappa shape index (κ1) is 16.9. The molecule has 1 aliphatic heterocycles. The van der Waals surface area contributed by atoms with Crippen molar-refractivity contribution in [3.63, 3.8) is 0 Å². The van der Waals surface area contributed by atoms with E-state index >= 15 is 0 Å². The fourth-order valence-electron chi connectivity index (χ4n) is 2.72. The van der Waals surface area contributed by atoms with Gasteiger partial charge in [0.05, 0.1) is 4.90 Å². The van der Waals surface area contributed by atoms with Gasteiger partial charge < -0.3 is 15.0 Å². The highest BCUT2D eigenvalue weighted by molar-refractivity contribution is 7.89. The van der Waals surface area contributed by atoms with Crippen molar-refractivity contribution < 1.29 is 22.8 Å². The summed E-state index contributed by atoms with van der Waals surface area (Å²) < 4.78 is 28.3. The molecule has 8 heteroatoms. The van der Waals surface area contributed by atoms with Gasteiger partial charge in [-0.15, -0.1) is 0 Å². The van der Waals surface area contributed by atoms with Crippen molar-refractivity contribution in [1.82, 2.24) is 0 Å². The van der Waals surface area contributed by atoms with Gasteiger partial charge in [0.2, 0.25) is 10.0 Å². The van der Waals surface area contributed by atoms with Crippen LogP contribution in [0.4, 0.5) is 5.69 Å². The van der Waals surface area contributed by atoms with Gasteiger partial charge in [0.15, 0.2) is 6.54 Å². The molecule has 122 valence electrons. The molecule has 0 spiro atoms. The van der Waals surface area contributed by atoms with Crippen LogP contribution in [-0.4, -0.2) is 46.2 Å². The number of ether oxygens (including phenoxy) is 1. The Labute approximate surface area is 130 Å². The van der Waals surface area contributed by atoms with Gasteiger partial charge >= 0.3 is 0 Å². The van der Waals surface area contributed by atoms with Crippen LogP contribution in [0.2, 0.25) is 0 Å². The van der Waals surface area contributed by atoms with Gasteiger partial charge in [-0.1, -0.05) is 6.07 Å². The Kier molecular flexibility index (Phi) is 5.17. The van der Waals surface area contributed by atoms with E-state index in [1.165, 1.54) is 12.1 Å². The minimum Gasteiger partial charge on any atom is -0.364 e. The van der Waals surface area contributed by atoms with Gasteiger partial charge in [0.1, 0.15) is 25.3 Å². The van der Waals surface area contributed by atoms with Gasteiger partial charge in [0, 0.05) is 5.69 Å². The Morgan fingerprint density at radius 1 is 1.36 bits per heavy atom. The van der Waals surface area contributed by atoms with Crippen LogP contribution in [0.5, 0.6) is 0 Å². The van der Waals surface area contributed by atoms with E-state index in [9.17, 15) is 13.2 Å². The average molecular weight is 328 g/mol. The van der Waals surface area contributed by atoms with Gasteiger partial charge in [-0.05, 0) is 32.0 Å². The summed E-state index contributed by atoms with van der Waals surface area (Å²) in [5.74, 6) is -0.164. The van der Waals surface area contributed by atoms with Crippen molar-refractivity contribution in [1.29, 1.82) is 0 Å². The molecule has 0 saturated carbocycles. The number of anilines is 1. The molecule has 1 heterocycles. The summed E-state index contributed by atoms with van der Waals surface area (Å²) in [5.41, 5.74) is 0.422. The number of morpholine rings is 1. The number of quaternary nitrogens is 1. The number of hydrogen-bond donors (Lipinski definition) is 3. The van der Waals surface area contributed by atoms with E-state index in [1.807, 2.05) is 13.8 Å². The monoisotopic (exact) mass is 328 g/mol. The third kappa shape index (κ3) is 4.77. The molecule has 1 aromatic rings. The highest BCUT2D eigenvalue weighted by Gasteiger charge is 2.27. The summed E-state index contributed by atoms with van der Waals surface area (Å²) in [5, 5.41) is 7.79. The Hall–Kier alpha value is -1.48. The fraction of sp³-hybridized carbons (Fsp3) is 0.500. The summed E-state index contributed by atoms with van der Waals surface area (Å²) >= 11 is 0. The van der Waals surface area contributed by atoms with Crippen molar-refractivity contribution in [2.45, 2.75) is 31.0 Å². The number of primary sulfonamides is 1. The number of nitrogens with two attached hydrogens (primary N) is 1. The second-order valence-electron chi connectivity index (χ2n) is 5.71. The lowest BCUT2D eigenvalue weighted by molar-refractivity contribution is -0.907. The van der Waals surface area contributed by atoms with Gasteiger partial charge in [-0.2, -0.15) is 0 Å². The number of carbonyl (C=O) groups is 1. The number of benzene rings is 1. The van der Waals surface area contributed by atoms with Crippen LogP contribution in [0.15, 0.2) is 29.2 Å². The van der Waals surface area contributed by atoms with E-state index in [0.717, 1.165) is 18.0 Å². The number of carbonyl (C=O) groups excluding carboxylic acids is 1. The highest BCUT2D eigenvalue weighted by atomic mass is 32.2. The lowest BCUT2D eigenvalue weighted by atomic mass is 10.2. The van der Waals surface area contributed by atoms with E-state index in [-0.39, 0.29) is 23.0 Å². The van der Waals surface area contributed by atoms with Crippen LogP contribution in [0.3, 0.4) is 0 Å². The first-order valence-electron chi connectivity index (χ1n) is 7.16. The molecule has 0 aromatic heterocycles. The van der Waals surface area contributed by atoms with Gasteiger partial charge in [0.25, 0.3) is 5.91 Å². The second-order valence-corrected chi connectivity index (χ2v) is 7.27. The van der Waals surface area contributed by atoms with E-state index < -0.39 is 10.0 Å². The molecule has 2 rings (SSSR count). The van der Waals surface area contributed by atoms with Crippen LogP contribution < -0.4 is 15.4 Å². The number of amides is 1.